The Kier molecular flexibility index (Phi) is 5.86. The second-order valence-electron chi connectivity index (χ2n) is 8.36. The fourth-order valence-electron chi connectivity index (χ4n) is 4.91. The van der Waals surface area contributed by atoms with Gasteiger partial charge in [-0.1, -0.05) is 30.3 Å². The number of ether oxygens (including phenoxy) is 3. The van der Waals surface area contributed by atoms with E-state index in [0.717, 1.165) is 24.0 Å². The summed E-state index contributed by atoms with van der Waals surface area (Å²) in [6.45, 7) is 0.267. The molecular formula is C24H29NO5. The van der Waals surface area contributed by atoms with Gasteiger partial charge in [-0.3, -0.25) is 0 Å². The minimum Gasteiger partial charge on any atom is -0.497 e. The van der Waals surface area contributed by atoms with Gasteiger partial charge in [0.05, 0.1) is 19.8 Å². The van der Waals surface area contributed by atoms with Crippen LogP contribution < -0.4 is 9.47 Å². The number of amides is 1. The number of hydrogen-bond acceptors (Lipinski definition) is 5. The summed E-state index contributed by atoms with van der Waals surface area (Å²) in [5.41, 5.74) is 1.08. The molecule has 30 heavy (non-hydrogen) atoms. The Morgan fingerprint density at radius 2 is 1.60 bits per heavy atom. The lowest BCUT2D eigenvalue weighted by Gasteiger charge is -2.43. The van der Waals surface area contributed by atoms with Crippen molar-refractivity contribution >= 4 is 6.09 Å². The molecule has 0 saturated carbocycles. The van der Waals surface area contributed by atoms with Crippen molar-refractivity contribution < 1.29 is 24.1 Å². The first-order valence-corrected chi connectivity index (χ1v) is 10.4. The predicted octanol–water partition coefficient (Wildman–Crippen LogP) is 3.94. The summed E-state index contributed by atoms with van der Waals surface area (Å²) in [5.74, 6) is 1.41. The van der Waals surface area contributed by atoms with Crippen molar-refractivity contribution in [2.75, 3.05) is 14.2 Å². The number of hydrogen-bond donors (Lipinski definition) is 1. The Balaban J connectivity index is 1.42. The van der Waals surface area contributed by atoms with Crippen molar-refractivity contribution in [3.63, 3.8) is 0 Å². The zero-order chi connectivity index (χ0) is 21.1. The number of methoxy groups -OCH3 is 2. The fraction of sp³-hybridized carbons (Fsp3) is 0.458. The van der Waals surface area contributed by atoms with Crippen LogP contribution in [0.3, 0.4) is 0 Å². The molecule has 1 N–H and O–H groups in total. The van der Waals surface area contributed by atoms with Crippen LogP contribution >= 0.6 is 0 Å². The third kappa shape index (κ3) is 4.38. The van der Waals surface area contributed by atoms with Crippen LogP contribution in [0.4, 0.5) is 4.79 Å². The van der Waals surface area contributed by atoms with Crippen LogP contribution in [0.1, 0.15) is 36.8 Å². The summed E-state index contributed by atoms with van der Waals surface area (Å²) in [6.07, 6.45) is 3.10. The molecule has 2 unspecified atom stereocenters. The van der Waals surface area contributed by atoms with Crippen LogP contribution in [0.15, 0.2) is 48.5 Å². The highest BCUT2D eigenvalue weighted by atomic mass is 16.6. The Morgan fingerprint density at radius 3 is 2.17 bits per heavy atom. The molecule has 2 fully saturated rings. The molecule has 6 heteroatoms. The first-order valence-electron chi connectivity index (χ1n) is 10.4. The average molecular weight is 411 g/mol. The van der Waals surface area contributed by atoms with Crippen LogP contribution in [-0.2, 0) is 17.8 Å². The highest BCUT2D eigenvalue weighted by Crippen LogP contribution is 2.43. The second-order valence-corrected chi connectivity index (χ2v) is 8.36. The molecular weight excluding hydrogens is 382 g/mol. The van der Waals surface area contributed by atoms with E-state index in [9.17, 15) is 9.90 Å². The van der Waals surface area contributed by atoms with Crippen molar-refractivity contribution in [1.82, 2.24) is 4.90 Å². The number of fused-ring (bicyclic) bond motifs is 2. The summed E-state index contributed by atoms with van der Waals surface area (Å²) in [5, 5.41) is 11.4. The van der Waals surface area contributed by atoms with Gasteiger partial charge < -0.3 is 24.2 Å². The zero-order valence-electron chi connectivity index (χ0n) is 17.5. The van der Waals surface area contributed by atoms with E-state index < -0.39 is 5.60 Å². The van der Waals surface area contributed by atoms with Crippen molar-refractivity contribution in [3.8, 4) is 11.5 Å². The number of carbonyl (C=O) groups is 1. The minimum atomic E-state index is -0.862. The molecule has 2 aromatic carbocycles. The summed E-state index contributed by atoms with van der Waals surface area (Å²) in [6, 6.07) is 15.4. The number of benzene rings is 2. The SMILES string of the molecule is COc1cc(CC2(O)CC3CCC(C2)N3C(=O)OCc2ccccc2)cc(OC)c1. The third-order valence-corrected chi connectivity index (χ3v) is 6.21. The van der Waals surface area contributed by atoms with Gasteiger partial charge in [0.1, 0.15) is 18.1 Å². The van der Waals surface area contributed by atoms with E-state index in [1.54, 1.807) is 14.2 Å². The molecule has 2 aliphatic heterocycles. The highest BCUT2D eigenvalue weighted by Gasteiger charge is 2.49. The monoisotopic (exact) mass is 411 g/mol. The Hall–Kier alpha value is -2.73. The first-order chi connectivity index (χ1) is 14.5. The normalized spacial score (nSPS) is 25.1. The maximum atomic E-state index is 12.8. The van der Waals surface area contributed by atoms with Gasteiger partial charge in [-0.25, -0.2) is 4.79 Å². The maximum absolute atomic E-state index is 12.8. The Morgan fingerprint density at radius 1 is 1.00 bits per heavy atom. The Labute approximate surface area is 177 Å². The minimum absolute atomic E-state index is 0.00419. The first kappa shape index (κ1) is 20.5. The van der Waals surface area contributed by atoms with Crippen LogP contribution in [-0.4, -0.2) is 48.0 Å². The van der Waals surface area contributed by atoms with Crippen LogP contribution in [0.25, 0.3) is 0 Å². The number of piperidine rings is 1. The molecule has 2 bridgehead atoms. The van der Waals surface area contributed by atoms with E-state index in [-0.39, 0.29) is 24.8 Å². The van der Waals surface area contributed by atoms with Gasteiger partial charge in [-0.15, -0.1) is 0 Å². The molecule has 2 aliphatic rings. The molecule has 2 heterocycles. The Bertz CT molecular complexity index is 848. The molecule has 2 saturated heterocycles. The molecule has 6 nitrogen and oxygen atoms in total. The van der Waals surface area contributed by atoms with Crippen molar-refractivity contribution in [3.05, 3.63) is 59.7 Å². The average Bonchev–Trinajstić information content (AvgIpc) is 3.04. The van der Waals surface area contributed by atoms with Gasteiger partial charge in [-0.05, 0) is 48.9 Å². The quantitative estimate of drug-likeness (QED) is 0.780. The molecule has 0 aliphatic carbocycles. The van der Waals surface area contributed by atoms with Gasteiger partial charge in [0.15, 0.2) is 0 Å². The smallest absolute Gasteiger partial charge is 0.410 e. The lowest BCUT2D eigenvalue weighted by molar-refractivity contribution is -0.0485. The number of nitrogens with zero attached hydrogens (tertiary/aromatic N) is 1. The van der Waals surface area contributed by atoms with Crippen LogP contribution in [0, 0.1) is 0 Å². The lowest BCUT2D eigenvalue weighted by Crippen LogP contribution is -2.54. The maximum Gasteiger partial charge on any atom is 0.410 e. The van der Waals surface area contributed by atoms with E-state index in [2.05, 4.69) is 0 Å². The summed E-state index contributed by atoms with van der Waals surface area (Å²) in [7, 11) is 3.24. The van der Waals surface area contributed by atoms with E-state index in [0.29, 0.717) is 30.8 Å². The van der Waals surface area contributed by atoms with Crippen molar-refractivity contribution in [2.24, 2.45) is 0 Å². The largest absolute Gasteiger partial charge is 0.497 e. The lowest BCUT2D eigenvalue weighted by atomic mass is 9.81. The van der Waals surface area contributed by atoms with Gasteiger partial charge >= 0.3 is 6.09 Å². The number of carbonyl (C=O) groups excluding carboxylic acids is 1. The van der Waals surface area contributed by atoms with E-state index in [1.165, 1.54) is 0 Å². The summed E-state index contributed by atoms with van der Waals surface area (Å²) >= 11 is 0. The molecule has 0 aromatic heterocycles. The number of rotatable bonds is 6. The third-order valence-electron chi connectivity index (χ3n) is 6.21. The highest BCUT2D eigenvalue weighted by molar-refractivity contribution is 5.69. The van der Waals surface area contributed by atoms with Crippen molar-refractivity contribution in [1.29, 1.82) is 0 Å². The van der Waals surface area contributed by atoms with Crippen LogP contribution in [0.2, 0.25) is 0 Å². The van der Waals surface area contributed by atoms with E-state index in [1.807, 2.05) is 53.4 Å². The van der Waals surface area contributed by atoms with Gasteiger partial charge in [0, 0.05) is 24.6 Å². The zero-order valence-corrected chi connectivity index (χ0v) is 17.5. The predicted molar refractivity (Wildman–Crippen MR) is 113 cm³/mol. The molecule has 2 aromatic rings. The van der Waals surface area contributed by atoms with Crippen molar-refractivity contribution in [2.45, 2.75) is 56.4 Å². The van der Waals surface area contributed by atoms with E-state index in [4.69, 9.17) is 14.2 Å². The summed E-state index contributed by atoms with van der Waals surface area (Å²) in [4.78, 5) is 14.6. The molecule has 0 spiro atoms. The molecule has 1 amide bonds. The molecule has 160 valence electrons. The van der Waals surface area contributed by atoms with Gasteiger partial charge in [0.2, 0.25) is 0 Å². The molecule has 4 rings (SSSR count). The van der Waals surface area contributed by atoms with E-state index >= 15 is 0 Å². The molecule has 2 atom stereocenters. The second kappa shape index (κ2) is 8.56. The van der Waals surface area contributed by atoms with Gasteiger partial charge in [-0.2, -0.15) is 0 Å². The number of aliphatic hydroxyl groups is 1. The topological polar surface area (TPSA) is 68.2 Å². The fourth-order valence-corrected chi connectivity index (χ4v) is 4.91. The van der Waals surface area contributed by atoms with Crippen LogP contribution in [0.5, 0.6) is 11.5 Å². The standard InChI is InChI=1S/C24H29NO5/c1-28-21-10-18(11-22(12-21)29-2)13-24(27)14-19-8-9-20(15-24)25(19)23(26)30-16-17-6-4-3-5-7-17/h3-7,10-12,19-20,27H,8-9,13-16H2,1-2H3. The van der Waals surface area contributed by atoms with Gasteiger partial charge in [0.25, 0.3) is 0 Å². The summed E-state index contributed by atoms with van der Waals surface area (Å²) < 4.78 is 16.3. The molecule has 0 radical (unpaired) electrons.